The first kappa shape index (κ1) is 20.8. The van der Waals surface area contributed by atoms with Crippen molar-refractivity contribution in [3.05, 3.63) is 95.2 Å². The highest BCUT2D eigenvalue weighted by Crippen LogP contribution is 2.41. The van der Waals surface area contributed by atoms with Crippen molar-refractivity contribution in [2.75, 3.05) is 0 Å². The summed E-state index contributed by atoms with van der Waals surface area (Å²) in [6.45, 7) is 0.609. The van der Waals surface area contributed by atoms with Gasteiger partial charge in [0.05, 0.1) is 18.2 Å². The predicted octanol–water partition coefficient (Wildman–Crippen LogP) is 4.48. The Morgan fingerprint density at radius 1 is 0.935 bits per heavy atom. The molecule has 1 aliphatic rings. The predicted molar refractivity (Wildman–Crippen MR) is 115 cm³/mol. The number of carbonyl (C=O) groups is 2. The maximum atomic E-state index is 13.8. The first-order valence-electron chi connectivity index (χ1n) is 10.5. The topological polar surface area (TPSA) is 71.3 Å². The molecule has 31 heavy (non-hydrogen) atoms. The molecule has 1 heterocycles. The second kappa shape index (κ2) is 9.16. The Morgan fingerprint density at radius 2 is 1.74 bits per heavy atom. The van der Waals surface area contributed by atoms with E-state index in [9.17, 15) is 14.0 Å². The molecule has 3 aromatic rings. The molecule has 0 bridgehead atoms. The van der Waals surface area contributed by atoms with E-state index in [2.05, 4.69) is 10.6 Å². The molecule has 0 spiro atoms. The van der Waals surface area contributed by atoms with Crippen LogP contribution in [0.2, 0.25) is 0 Å². The molecule has 0 radical (unpaired) electrons. The number of nitrogens with one attached hydrogen (secondary N) is 2. The van der Waals surface area contributed by atoms with Gasteiger partial charge in [-0.1, -0.05) is 37.1 Å². The van der Waals surface area contributed by atoms with Crippen molar-refractivity contribution in [3.8, 4) is 0 Å². The van der Waals surface area contributed by atoms with Crippen LogP contribution >= 0.6 is 0 Å². The fourth-order valence-corrected chi connectivity index (χ4v) is 4.27. The van der Waals surface area contributed by atoms with Crippen LogP contribution in [0.1, 0.15) is 52.9 Å². The zero-order valence-corrected chi connectivity index (χ0v) is 17.2. The number of rotatable bonds is 7. The molecule has 0 atom stereocenters. The third-order valence-electron chi connectivity index (χ3n) is 5.91. The average molecular weight is 420 g/mol. The summed E-state index contributed by atoms with van der Waals surface area (Å²) < 4.78 is 19.0. The van der Waals surface area contributed by atoms with Crippen LogP contribution in [-0.2, 0) is 23.3 Å². The Kier molecular flexibility index (Phi) is 6.16. The Labute approximate surface area is 180 Å². The molecule has 0 saturated heterocycles. The smallest absolute Gasteiger partial charge is 0.251 e. The molecule has 1 saturated carbocycles. The second-order valence-corrected chi connectivity index (χ2v) is 7.94. The first-order chi connectivity index (χ1) is 15.1. The van der Waals surface area contributed by atoms with Crippen molar-refractivity contribution in [2.45, 2.75) is 44.2 Å². The number of amides is 2. The minimum absolute atomic E-state index is 0.0942. The minimum Gasteiger partial charge on any atom is -0.467 e. The molecule has 5 nitrogen and oxygen atoms in total. The van der Waals surface area contributed by atoms with Gasteiger partial charge in [-0.2, -0.15) is 0 Å². The molecule has 1 aromatic heterocycles. The lowest BCUT2D eigenvalue weighted by Crippen LogP contribution is -2.42. The largest absolute Gasteiger partial charge is 0.467 e. The number of hydrogen-bond acceptors (Lipinski definition) is 3. The maximum absolute atomic E-state index is 13.8. The minimum atomic E-state index is -0.694. The van der Waals surface area contributed by atoms with Crippen LogP contribution in [0, 0.1) is 5.82 Å². The molecule has 2 aromatic carbocycles. The highest BCUT2D eigenvalue weighted by molar-refractivity contribution is 5.94. The van der Waals surface area contributed by atoms with Gasteiger partial charge in [-0.3, -0.25) is 9.59 Å². The lowest BCUT2D eigenvalue weighted by atomic mass is 9.78. The van der Waals surface area contributed by atoms with Crippen LogP contribution < -0.4 is 10.6 Å². The summed E-state index contributed by atoms with van der Waals surface area (Å²) in [5, 5.41) is 5.83. The van der Waals surface area contributed by atoms with Crippen molar-refractivity contribution in [2.24, 2.45) is 0 Å². The molecule has 1 aliphatic carbocycles. The number of benzene rings is 2. The van der Waals surface area contributed by atoms with Gasteiger partial charge in [-0.25, -0.2) is 4.39 Å². The fraction of sp³-hybridized carbons (Fsp3) is 0.280. The van der Waals surface area contributed by atoms with Gasteiger partial charge in [0.15, 0.2) is 0 Å². The number of hydrogen-bond donors (Lipinski definition) is 2. The van der Waals surface area contributed by atoms with E-state index >= 15 is 0 Å². The van der Waals surface area contributed by atoms with E-state index in [0.29, 0.717) is 37.3 Å². The van der Waals surface area contributed by atoms with Crippen LogP contribution in [0.3, 0.4) is 0 Å². The Balaban J connectivity index is 1.42. The summed E-state index contributed by atoms with van der Waals surface area (Å²) in [5.41, 5.74) is 1.37. The van der Waals surface area contributed by atoms with E-state index in [1.807, 2.05) is 12.1 Å². The quantitative estimate of drug-likeness (QED) is 0.592. The van der Waals surface area contributed by atoms with Crippen molar-refractivity contribution >= 4 is 11.8 Å². The molecule has 2 amide bonds. The van der Waals surface area contributed by atoms with Crippen molar-refractivity contribution in [1.29, 1.82) is 0 Å². The average Bonchev–Trinajstić information content (AvgIpc) is 3.49. The van der Waals surface area contributed by atoms with Gasteiger partial charge < -0.3 is 15.1 Å². The van der Waals surface area contributed by atoms with Crippen LogP contribution in [-0.4, -0.2) is 11.8 Å². The highest BCUT2D eigenvalue weighted by atomic mass is 19.1. The van der Waals surface area contributed by atoms with E-state index in [0.717, 1.165) is 24.0 Å². The molecule has 1 fully saturated rings. The van der Waals surface area contributed by atoms with E-state index < -0.39 is 5.41 Å². The Hall–Kier alpha value is -3.41. The van der Waals surface area contributed by atoms with E-state index in [-0.39, 0.29) is 17.6 Å². The van der Waals surface area contributed by atoms with Gasteiger partial charge in [-0.05, 0) is 60.4 Å². The third-order valence-corrected chi connectivity index (χ3v) is 5.91. The molecular formula is C25H25FN2O3. The standard InChI is InChI=1S/C25H25FN2O3/c26-21-9-4-8-20(15-21)25(11-1-2-12-25)24(30)28-16-18-6-3-7-19(14-18)23(29)27-17-22-10-5-13-31-22/h3-10,13-15H,1-2,11-12,16-17H2,(H,27,29)(H,28,30). The molecule has 2 N–H and O–H groups in total. The summed E-state index contributed by atoms with van der Waals surface area (Å²) in [6.07, 6.45) is 4.85. The molecule has 0 aliphatic heterocycles. The van der Waals surface area contributed by atoms with Crippen molar-refractivity contribution in [1.82, 2.24) is 10.6 Å². The van der Waals surface area contributed by atoms with Gasteiger partial charge >= 0.3 is 0 Å². The van der Waals surface area contributed by atoms with E-state index in [1.165, 1.54) is 12.1 Å². The molecule has 0 unspecified atom stereocenters. The van der Waals surface area contributed by atoms with Crippen LogP contribution in [0.25, 0.3) is 0 Å². The van der Waals surface area contributed by atoms with Crippen molar-refractivity contribution in [3.63, 3.8) is 0 Å². The van der Waals surface area contributed by atoms with Crippen LogP contribution in [0.4, 0.5) is 4.39 Å². The molecule has 6 heteroatoms. The first-order valence-corrected chi connectivity index (χ1v) is 10.5. The summed E-state index contributed by atoms with van der Waals surface area (Å²) in [4.78, 5) is 25.6. The number of halogens is 1. The van der Waals surface area contributed by atoms with Gasteiger partial charge in [-0.15, -0.1) is 0 Å². The number of furan rings is 1. The summed E-state index contributed by atoms with van der Waals surface area (Å²) in [5.74, 6) is 0.0423. The zero-order chi connectivity index (χ0) is 21.7. The van der Waals surface area contributed by atoms with Gasteiger partial charge in [0.2, 0.25) is 5.91 Å². The van der Waals surface area contributed by atoms with Crippen LogP contribution in [0.15, 0.2) is 71.3 Å². The monoisotopic (exact) mass is 420 g/mol. The number of carbonyl (C=O) groups excluding carboxylic acids is 2. The molecule has 160 valence electrons. The lowest BCUT2D eigenvalue weighted by molar-refractivity contribution is -0.126. The Bertz CT molecular complexity index is 1060. The van der Waals surface area contributed by atoms with Crippen molar-refractivity contribution < 1.29 is 18.4 Å². The highest BCUT2D eigenvalue weighted by Gasteiger charge is 2.42. The lowest BCUT2D eigenvalue weighted by Gasteiger charge is -2.28. The fourth-order valence-electron chi connectivity index (χ4n) is 4.27. The molecule has 4 rings (SSSR count). The van der Waals surface area contributed by atoms with E-state index in [4.69, 9.17) is 4.42 Å². The third kappa shape index (κ3) is 4.68. The van der Waals surface area contributed by atoms with Gasteiger partial charge in [0.1, 0.15) is 11.6 Å². The SMILES string of the molecule is O=C(NCc1ccco1)c1cccc(CNC(=O)C2(c3cccc(F)c3)CCCC2)c1. The summed E-state index contributed by atoms with van der Waals surface area (Å²) >= 11 is 0. The zero-order valence-electron chi connectivity index (χ0n) is 17.2. The Morgan fingerprint density at radius 3 is 2.48 bits per heavy atom. The van der Waals surface area contributed by atoms with E-state index in [1.54, 1.807) is 42.7 Å². The second-order valence-electron chi connectivity index (χ2n) is 7.94. The van der Waals surface area contributed by atoms with Gasteiger partial charge in [0, 0.05) is 12.1 Å². The summed E-state index contributed by atoms with van der Waals surface area (Å²) in [7, 11) is 0. The van der Waals surface area contributed by atoms with Crippen LogP contribution in [0.5, 0.6) is 0 Å². The maximum Gasteiger partial charge on any atom is 0.251 e. The molecular weight excluding hydrogens is 395 g/mol. The summed E-state index contributed by atoms with van der Waals surface area (Å²) in [6, 6.07) is 17.1. The van der Waals surface area contributed by atoms with Gasteiger partial charge in [0.25, 0.3) is 5.91 Å². The normalized spacial score (nSPS) is 14.9.